The molecule has 0 aromatic carbocycles. The van der Waals surface area contributed by atoms with Gasteiger partial charge >= 0.3 is 0 Å². The van der Waals surface area contributed by atoms with Crippen LogP contribution in [0.3, 0.4) is 0 Å². The van der Waals surface area contributed by atoms with Gasteiger partial charge in [0.25, 0.3) is 0 Å². The molecule has 0 aromatic rings. The van der Waals surface area contributed by atoms with E-state index in [2.05, 4.69) is 11.6 Å². The Hall–Kier alpha value is 0.609. The molecule has 0 saturated heterocycles. The SMILES string of the molecule is O=[C-]Cl.[Ir]. The fourth-order valence-corrected chi connectivity index (χ4v) is 0. The summed E-state index contributed by atoms with van der Waals surface area (Å²) in [5.74, 6) is 0.972. The largest absolute Gasteiger partial charge is 0.525 e. The summed E-state index contributed by atoms with van der Waals surface area (Å²) < 4.78 is 0. The van der Waals surface area contributed by atoms with E-state index in [0.717, 1.165) is 5.75 Å². The second-order valence-corrected chi connectivity index (χ2v) is 0.231. The van der Waals surface area contributed by atoms with Gasteiger partial charge in [-0.05, 0) is 0 Å². The quantitative estimate of drug-likeness (QED) is 0.449. The van der Waals surface area contributed by atoms with Crippen molar-refractivity contribution in [2.75, 3.05) is 0 Å². The average molecular weight is 256 g/mol. The number of rotatable bonds is 0. The van der Waals surface area contributed by atoms with Crippen LogP contribution in [0, 0.1) is 0 Å². The first-order valence-electron chi connectivity index (χ1n) is 0.393. The van der Waals surface area contributed by atoms with E-state index in [1.54, 1.807) is 0 Å². The molecule has 0 spiro atoms. The third-order valence-corrected chi connectivity index (χ3v) is 0. The van der Waals surface area contributed by atoms with Crippen molar-refractivity contribution in [3.8, 4) is 0 Å². The maximum absolute atomic E-state index is 8.45. The first-order valence-corrected chi connectivity index (χ1v) is 0.771. The molecule has 0 atom stereocenters. The van der Waals surface area contributed by atoms with E-state index >= 15 is 0 Å². The standard InChI is InChI=1S/CClO.Ir/c2-1-3;/q-1;. The maximum atomic E-state index is 8.45. The molecule has 4 heavy (non-hydrogen) atoms. The minimum Gasteiger partial charge on any atom is -0.525 e. The molecule has 1 nitrogen and oxygen atoms in total. The molecule has 0 aliphatic carbocycles. The minimum absolute atomic E-state index is 0. The molecule has 0 amide bonds. The van der Waals surface area contributed by atoms with Gasteiger partial charge in [-0.25, -0.2) is 0 Å². The fourth-order valence-electron chi connectivity index (χ4n) is 0. The zero-order valence-electron chi connectivity index (χ0n) is 1.62. The molecule has 0 aliphatic heterocycles. The fraction of sp³-hybridized carbons (Fsp3) is 0. The van der Waals surface area contributed by atoms with Gasteiger partial charge in [0.1, 0.15) is 0 Å². The van der Waals surface area contributed by atoms with E-state index in [4.69, 9.17) is 4.79 Å². The Morgan fingerprint density at radius 1 is 1.75 bits per heavy atom. The molecule has 1 radical (unpaired) electrons. The van der Waals surface area contributed by atoms with E-state index in [1.807, 2.05) is 0 Å². The van der Waals surface area contributed by atoms with Gasteiger partial charge in [0.05, 0.1) is 0 Å². The van der Waals surface area contributed by atoms with Gasteiger partial charge in [0.2, 0.25) is 0 Å². The molecular formula is CClIrO-. The van der Waals surface area contributed by atoms with Crippen LogP contribution in [-0.4, -0.2) is 5.75 Å². The smallest absolute Gasteiger partial charge is 0 e. The van der Waals surface area contributed by atoms with Crippen molar-refractivity contribution in [1.82, 2.24) is 0 Å². The maximum Gasteiger partial charge on any atom is 0 e. The summed E-state index contributed by atoms with van der Waals surface area (Å²) in [6, 6.07) is 0. The summed E-state index contributed by atoms with van der Waals surface area (Å²) >= 11 is 4.19. The molecule has 27 valence electrons. The first kappa shape index (κ1) is 8.82. The van der Waals surface area contributed by atoms with E-state index in [1.165, 1.54) is 0 Å². The summed E-state index contributed by atoms with van der Waals surface area (Å²) in [5.41, 5.74) is 0. The predicted molar refractivity (Wildman–Crippen MR) is 11.5 cm³/mol. The Morgan fingerprint density at radius 3 is 1.75 bits per heavy atom. The van der Waals surface area contributed by atoms with Gasteiger partial charge in [-0.15, -0.1) is 0 Å². The van der Waals surface area contributed by atoms with Gasteiger partial charge < -0.3 is 16.4 Å². The summed E-state index contributed by atoms with van der Waals surface area (Å²) in [5, 5.41) is 0. The molecular weight excluding hydrogens is 256 g/mol. The molecule has 3 heteroatoms. The van der Waals surface area contributed by atoms with E-state index in [0.29, 0.717) is 0 Å². The molecule has 0 rings (SSSR count). The summed E-state index contributed by atoms with van der Waals surface area (Å²) in [7, 11) is 0. The number of halogens is 1. The van der Waals surface area contributed by atoms with Crippen molar-refractivity contribution in [2.45, 2.75) is 0 Å². The molecule has 0 N–H and O–H groups in total. The molecule has 0 fully saturated rings. The first-order chi connectivity index (χ1) is 1.41. The van der Waals surface area contributed by atoms with Crippen LogP contribution in [0.25, 0.3) is 0 Å². The van der Waals surface area contributed by atoms with Crippen LogP contribution >= 0.6 is 11.6 Å². The van der Waals surface area contributed by atoms with Gasteiger partial charge in [0.15, 0.2) is 0 Å². The van der Waals surface area contributed by atoms with E-state index in [9.17, 15) is 0 Å². The van der Waals surface area contributed by atoms with E-state index < -0.39 is 0 Å². The van der Waals surface area contributed by atoms with Crippen molar-refractivity contribution in [3.05, 3.63) is 0 Å². The van der Waals surface area contributed by atoms with Crippen molar-refractivity contribution in [3.63, 3.8) is 0 Å². The molecule has 0 bridgehead atoms. The Balaban J connectivity index is 0. The van der Waals surface area contributed by atoms with Gasteiger partial charge in [-0.2, -0.15) is 5.75 Å². The van der Waals surface area contributed by atoms with Crippen LogP contribution < -0.4 is 0 Å². The Bertz CT molecular complexity index is 15.5. The molecule has 0 saturated carbocycles. The number of carbonyl (C=O) groups excluding carboxylic acids is 1. The zero-order chi connectivity index (χ0) is 2.71. The van der Waals surface area contributed by atoms with E-state index in [-0.39, 0.29) is 20.1 Å². The second-order valence-electron chi connectivity index (χ2n) is 0.0772. The number of hydrogen-bond acceptors (Lipinski definition) is 1. The molecule has 0 unspecified atom stereocenters. The van der Waals surface area contributed by atoms with Crippen molar-refractivity contribution in [2.24, 2.45) is 0 Å². The van der Waals surface area contributed by atoms with Gasteiger partial charge in [-0.3, -0.25) is 0 Å². The topological polar surface area (TPSA) is 17.1 Å². The molecule has 0 heterocycles. The predicted octanol–water partition coefficient (Wildman–Crippen LogP) is 0.290. The molecule has 0 aliphatic rings. The minimum atomic E-state index is 0. The second kappa shape index (κ2) is 9.49. The summed E-state index contributed by atoms with van der Waals surface area (Å²) in [6.07, 6.45) is 0. The third-order valence-electron chi connectivity index (χ3n) is 0. The average Bonchev–Trinajstić information content (AvgIpc) is 0.918. The third kappa shape index (κ3) is 18.2. The zero-order valence-corrected chi connectivity index (χ0v) is 4.77. The summed E-state index contributed by atoms with van der Waals surface area (Å²) in [4.78, 5) is 8.45. The Kier molecular flexibility index (Phi) is 20.9. The van der Waals surface area contributed by atoms with Crippen molar-refractivity contribution >= 4 is 17.3 Å². The van der Waals surface area contributed by atoms with Crippen LogP contribution in [0.15, 0.2) is 0 Å². The normalized spacial score (nSPS) is 3.25. The Morgan fingerprint density at radius 2 is 1.75 bits per heavy atom. The van der Waals surface area contributed by atoms with Crippen LogP contribution in [0.2, 0.25) is 0 Å². The van der Waals surface area contributed by atoms with Crippen LogP contribution in [0.4, 0.5) is 0 Å². The Labute approximate surface area is 42.7 Å². The summed E-state index contributed by atoms with van der Waals surface area (Å²) in [6.45, 7) is 0. The monoisotopic (exact) mass is 256 g/mol. The molecule has 0 aromatic heterocycles. The van der Waals surface area contributed by atoms with Crippen LogP contribution in [0.5, 0.6) is 0 Å². The van der Waals surface area contributed by atoms with Crippen LogP contribution in [0.1, 0.15) is 0 Å². The van der Waals surface area contributed by atoms with Gasteiger partial charge in [-0.1, -0.05) is 0 Å². The van der Waals surface area contributed by atoms with Gasteiger partial charge in [0, 0.05) is 20.1 Å². The van der Waals surface area contributed by atoms with Crippen molar-refractivity contribution in [1.29, 1.82) is 0 Å². The number of hydrogen-bond donors (Lipinski definition) is 0. The van der Waals surface area contributed by atoms with Crippen molar-refractivity contribution < 1.29 is 24.9 Å². The van der Waals surface area contributed by atoms with Crippen LogP contribution in [-0.2, 0) is 24.9 Å².